The number of amidine groups is 1. The van der Waals surface area contributed by atoms with E-state index >= 15 is 0 Å². The van der Waals surface area contributed by atoms with Gasteiger partial charge in [-0.1, -0.05) is 23.0 Å². The van der Waals surface area contributed by atoms with E-state index in [1.165, 1.54) is 11.8 Å². The van der Waals surface area contributed by atoms with Gasteiger partial charge in [0.1, 0.15) is 5.03 Å². The number of halogens is 2. The Hall–Kier alpha value is -1.60. The summed E-state index contributed by atoms with van der Waals surface area (Å²) in [4.78, 5) is 4.51. The molecule has 1 aromatic heterocycles. The largest absolute Gasteiger partial charge is 0.409 e. The quantitative estimate of drug-likeness (QED) is 0.389. The predicted octanol–water partition coefficient (Wildman–Crippen LogP) is 3.23. The first-order valence-corrected chi connectivity index (χ1v) is 6.79. The van der Waals surface area contributed by atoms with Crippen LogP contribution in [0.3, 0.4) is 0 Å². The lowest BCUT2D eigenvalue weighted by Gasteiger charge is -2.08. The normalized spacial score (nSPS) is 11.6. The fraction of sp³-hybridized carbons (Fsp3) is 0. The molecule has 0 spiro atoms. The first kappa shape index (κ1) is 13.8. The minimum Gasteiger partial charge on any atom is -0.409 e. The molecule has 1 heterocycles. The molecule has 0 saturated heterocycles. The zero-order valence-electron chi connectivity index (χ0n) is 9.55. The van der Waals surface area contributed by atoms with Crippen LogP contribution in [-0.2, 0) is 0 Å². The highest BCUT2D eigenvalue weighted by molar-refractivity contribution is 9.10. The number of hydrogen-bond acceptors (Lipinski definition) is 4. The number of benzene rings is 1. The molecule has 3 N–H and O–H groups in total. The van der Waals surface area contributed by atoms with Gasteiger partial charge in [0, 0.05) is 11.8 Å². The van der Waals surface area contributed by atoms with Crippen LogP contribution in [0.1, 0.15) is 5.56 Å². The third-order valence-electron chi connectivity index (χ3n) is 2.28. The highest BCUT2D eigenvalue weighted by Crippen LogP contribution is 2.33. The monoisotopic (exact) mass is 341 g/mol. The summed E-state index contributed by atoms with van der Waals surface area (Å²) in [6, 6.07) is 8.54. The van der Waals surface area contributed by atoms with E-state index in [0.29, 0.717) is 15.5 Å². The summed E-state index contributed by atoms with van der Waals surface area (Å²) in [5.74, 6) is -0.625. The summed E-state index contributed by atoms with van der Waals surface area (Å²) in [7, 11) is 0. The van der Waals surface area contributed by atoms with Crippen molar-refractivity contribution < 1.29 is 9.60 Å². The van der Waals surface area contributed by atoms with Crippen molar-refractivity contribution in [2.75, 3.05) is 0 Å². The summed E-state index contributed by atoms with van der Waals surface area (Å²) in [5, 5.41) is 12.2. The molecule has 0 fully saturated rings. The SMILES string of the molecule is N/C(=N/O)c1ccc(Sc2ccccn2)c(F)c1Br. The van der Waals surface area contributed by atoms with Gasteiger partial charge in [0.2, 0.25) is 0 Å². The van der Waals surface area contributed by atoms with E-state index in [1.54, 1.807) is 30.5 Å². The van der Waals surface area contributed by atoms with Crippen molar-refractivity contribution >= 4 is 33.5 Å². The van der Waals surface area contributed by atoms with Crippen LogP contribution < -0.4 is 5.73 Å². The van der Waals surface area contributed by atoms with Gasteiger partial charge in [0.05, 0.1) is 9.37 Å². The fourth-order valence-electron chi connectivity index (χ4n) is 1.38. The average molecular weight is 342 g/mol. The Morgan fingerprint density at radius 1 is 1.37 bits per heavy atom. The van der Waals surface area contributed by atoms with Crippen molar-refractivity contribution in [2.24, 2.45) is 10.9 Å². The molecule has 0 amide bonds. The second-order valence-electron chi connectivity index (χ2n) is 3.49. The van der Waals surface area contributed by atoms with Crippen LogP contribution in [0.2, 0.25) is 0 Å². The molecule has 0 aliphatic heterocycles. The molecule has 0 aliphatic carbocycles. The topological polar surface area (TPSA) is 71.5 Å². The van der Waals surface area contributed by atoms with Gasteiger partial charge in [-0.15, -0.1) is 0 Å². The van der Waals surface area contributed by atoms with Crippen LogP contribution in [0, 0.1) is 5.82 Å². The molecule has 98 valence electrons. The Bertz CT molecular complexity index is 622. The minimum atomic E-state index is -0.472. The second-order valence-corrected chi connectivity index (χ2v) is 5.35. The number of nitrogens with two attached hydrogens (primary N) is 1. The van der Waals surface area contributed by atoms with Crippen LogP contribution in [0.15, 0.2) is 56.1 Å². The molecule has 0 aliphatic rings. The third-order valence-corrected chi connectivity index (χ3v) is 4.04. The van der Waals surface area contributed by atoms with Crippen molar-refractivity contribution in [1.82, 2.24) is 4.98 Å². The van der Waals surface area contributed by atoms with Gasteiger partial charge < -0.3 is 10.9 Å². The molecule has 1 aromatic carbocycles. The van der Waals surface area contributed by atoms with Gasteiger partial charge in [-0.25, -0.2) is 9.37 Å². The first-order valence-electron chi connectivity index (χ1n) is 5.18. The summed E-state index contributed by atoms with van der Waals surface area (Å²) in [6.45, 7) is 0. The van der Waals surface area contributed by atoms with Gasteiger partial charge in [-0.05, 0) is 40.2 Å². The maximum Gasteiger partial charge on any atom is 0.171 e. The number of aromatic nitrogens is 1. The summed E-state index contributed by atoms with van der Waals surface area (Å²) >= 11 is 4.30. The van der Waals surface area contributed by atoms with Crippen LogP contribution in [0.5, 0.6) is 0 Å². The highest BCUT2D eigenvalue weighted by atomic mass is 79.9. The molecule has 0 saturated carbocycles. The Morgan fingerprint density at radius 2 is 2.16 bits per heavy atom. The van der Waals surface area contributed by atoms with E-state index in [0.717, 1.165) is 0 Å². The van der Waals surface area contributed by atoms with Crippen LogP contribution >= 0.6 is 27.7 Å². The van der Waals surface area contributed by atoms with E-state index in [4.69, 9.17) is 10.9 Å². The molecule has 7 heteroatoms. The molecule has 4 nitrogen and oxygen atoms in total. The van der Waals surface area contributed by atoms with Gasteiger partial charge in [-0.2, -0.15) is 0 Å². The molecule has 2 rings (SSSR count). The maximum absolute atomic E-state index is 14.2. The maximum atomic E-state index is 14.2. The number of rotatable bonds is 3. The van der Waals surface area contributed by atoms with E-state index in [9.17, 15) is 4.39 Å². The number of oxime groups is 1. The van der Waals surface area contributed by atoms with Gasteiger partial charge in [0.25, 0.3) is 0 Å². The molecular formula is C12H9BrFN3OS. The molecular weight excluding hydrogens is 333 g/mol. The number of hydrogen-bond donors (Lipinski definition) is 2. The lowest BCUT2D eigenvalue weighted by atomic mass is 10.2. The summed E-state index contributed by atoms with van der Waals surface area (Å²) < 4.78 is 14.3. The van der Waals surface area contributed by atoms with E-state index < -0.39 is 5.82 Å². The summed E-state index contributed by atoms with van der Waals surface area (Å²) in [5.41, 5.74) is 5.75. The predicted molar refractivity (Wildman–Crippen MR) is 75.0 cm³/mol. The van der Waals surface area contributed by atoms with Gasteiger partial charge in [-0.3, -0.25) is 0 Å². The Balaban J connectivity index is 2.37. The van der Waals surface area contributed by atoms with Crippen LogP contribution in [-0.4, -0.2) is 16.0 Å². The minimum absolute atomic E-state index is 0.153. The molecule has 0 atom stereocenters. The zero-order chi connectivity index (χ0) is 13.8. The Morgan fingerprint density at radius 3 is 2.79 bits per heavy atom. The Kier molecular flexibility index (Phi) is 4.39. The van der Waals surface area contributed by atoms with E-state index in [1.807, 2.05) is 6.07 Å². The second kappa shape index (κ2) is 6.03. The Labute approximate surface area is 121 Å². The number of nitrogens with zero attached hydrogens (tertiary/aromatic N) is 2. The van der Waals surface area contributed by atoms with Gasteiger partial charge >= 0.3 is 0 Å². The molecule has 2 aromatic rings. The smallest absolute Gasteiger partial charge is 0.171 e. The lowest BCUT2D eigenvalue weighted by Crippen LogP contribution is -2.14. The van der Waals surface area contributed by atoms with Crippen LogP contribution in [0.4, 0.5) is 4.39 Å². The third kappa shape index (κ3) is 3.05. The standard InChI is InChI=1S/C12H9BrFN3OS/c13-10-7(12(15)17-18)4-5-8(11(10)14)19-9-3-1-2-6-16-9/h1-6,18H,(H2,15,17). The highest BCUT2D eigenvalue weighted by Gasteiger charge is 2.15. The number of pyridine rings is 1. The zero-order valence-corrected chi connectivity index (χ0v) is 11.9. The van der Waals surface area contributed by atoms with Crippen molar-refractivity contribution in [2.45, 2.75) is 9.92 Å². The summed E-state index contributed by atoms with van der Waals surface area (Å²) in [6.07, 6.45) is 1.64. The van der Waals surface area contributed by atoms with Crippen molar-refractivity contribution in [1.29, 1.82) is 0 Å². The lowest BCUT2D eigenvalue weighted by molar-refractivity contribution is 0.318. The molecule has 0 radical (unpaired) electrons. The van der Waals surface area contributed by atoms with Crippen molar-refractivity contribution in [3.05, 3.63) is 52.4 Å². The van der Waals surface area contributed by atoms with Gasteiger partial charge in [0.15, 0.2) is 11.7 Å². The fourth-order valence-corrected chi connectivity index (χ4v) is 2.88. The van der Waals surface area contributed by atoms with Crippen LogP contribution in [0.25, 0.3) is 0 Å². The van der Waals surface area contributed by atoms with Crippen molar-refractivity contribution in [3.8, 4) is 0 Å². The molecule has 19 heavy (non-hydrogen) atoms. The van der Waals surface area contributed by atoms with Crippen molar-refractivity contribution in [3.63, 3.8) is 0 Å². The average Bonchev–Trinajstić information content (AvgIpc) is 2.44. The van der Waals surface area contributed by atoms with E-state index in [-0.39, 0.29) is 10.3 Å². The molecule has 0 bridgehead atoms. The van der Waals surface area contributed by atoms with E-state index in [2.05, 4.69) is 26.1 Å². The molecule has 0 unspecified atom stereocenters. The first-order chi connectivity index (χ1) is 9.13.